The van der Waals surface area contributed by atoms with Gasteiger partial charge in [-0.3, -0.25) is 9.59 Å². The number of aryl methyl sites for hydroxylation is 1. The van der Waals surface area contributed by atoms with Gasteiger partial charge in [0.15, 0.2) is 0 Å². The number of carbonyl (C=O) groups is 2. The number of nitrogens with zero attached hydrogens (tertiary/aromatic N) is 3. The standard InChI is InChI=1S/C33H33ClN4O3/c1-21-17-30(28(35)19-27(21)32(39)38-15-13-25-18-26(34)11-12-29(25)38)37-16-14-36-31(37)23-7-9-24(10-8-23)33(40)41-20-22-5-3-2-4-6-22/h2-6,11-12,14,16-19,23-24H,7-10,13,15,20,35H2,1H3/t23-,24-. The molecule has 0 atom stereocenters. The molecule has 2 heterocycles. The number of esters is 1. The molecule has 2 aliphatic rings. The number of carbonyl (C=O) groups excluding carboxylic acids is 2. The Balaban J connectivity index is 1.15. The van der Waals surface area contributed by atoms with Crippen molar-refractivity contribution in [2.45, 2.75) is 51.6 Å². The first-order valence-corrected chi connectivity index (χ1v) is 14.5. The Morgan fingerprint density at radius 2 is 1.80 bits per heavy atom. The van der Waals surface area contributed by atoms with E-state index in [4.69, 9.17) is 27.1 Å². The molecule has 1 aliphatic heterocycles. The van der Waals surface area contributed by atoms with Crippen molar-refractivity contribution in [3.63, 3.8) is 0 Å². The van der Waals surface area contributed by atoms with Gasteiger partial charge in [0, 0.05) is 41.1 Å². The van der Waals surface area contributed by atoms with Crippen LogP contribution >= 0.6 is 11.6 Å². The monoisotopic (exact) mass is 568 g/mol. The molecular formula is C33H33ClN4O3. The molecule has 4 aromatic rings. The highest BCUT2D eigenvalue weighted by atomic mass is 35.5. The van der Waals surface area contributed by atoms with Crippen molar-refractivity contribution in [2.75, 3.05) is 17.2 Å². The van der Waals surface area contributed by atoms with E-state index >= 15 is 0 Å². The van der Waals surface area contributed by atoms with Gasteiger partial charge in [0.2, 0.25) is 0 Å². The van der Waals surface area contributed by atoms with E-state index in [9.17, 15) is 9.59 Å². The van der Waals surface area contributed by atoms with Crippen LogP contribution in [0, 0.1) is 12.8 Å². The first kappa shape index (κ1) is 27.1. The van der Waals surface area contributed by atoms with Crippen molar-refractivity contribution in [2.24, 2.45) is 5.92 Å². The molecule has 210 valence electrons. The predicted octanol–water partition coefficient (Wildman–Crippen LogP) is 6.64. The van der Waals surface area contributed by atoms with Crippen molar-refractivity contribution in [1.29, 1.82) is 0 Å². The average molecular weight is 569 g/mol. The summed E-state index contributed by atoms with van der Waals surface area (Å²) in [6, 6.07) is 19.2. The second-order valence-corrected chi connectivity index (χ2v) is 11.4. The molecule has 2 N–H and O–H groups in total. The Morgan fingerprint density at radius 3 is 2.59 bits per heavy atom. The molecule has 0 spiro atoms. The summed E-state index contributed by atoms with van der Waals surface area (Å²) in [6.07, 6.45) is 7.69. The van der Waals surface area contributed by atoms with Crippen LogP contribution in [0.25, 0.3) is 5.69 Å². The molecule has 0 saturated heterocycles. The first-order chi connectivity index (χ1) is 19.9. The lowest BCUT2D eigenvalue weighted by Gasteiger charge is -2.27. The minimum atomic E-state index is -0.125. The first-order valence-electron chi connectivity index (χ1n) is 14.1. The Bertz CT molecular complexity index is 1590. The van der Waals surface area contributed by atoms with Gasteiger partial charge in [-0.05, 0) is 86.1 Å². The number of nitrogens with two attached hydrogens (primary N) is 1. The van der Waals surface area contributed by atoms with Gasteiger partial charge in [-0.25, -0.2) is 4.98 Å². The van der Waals surface area contributed by atoms with Crippen molar-refractivity contribution >= 4 is 34.9 Å². The number of amides is 1. The van der Waals surface area contributed by atoms with E-state index in [0.29, 0.717) is 29.4 Å². The van der Waals surface area contributed by atoms with E-state index in [2.05, 4.69) is 0 Å². The number of imidazole rings is 1. The Morgan fingerprint density at radius 1 is 1.02 bits per heavy atom. The fraction of sp³-hybridized carbons (Fsp3) is 0.303. The summed E-state index contributed by atoms with van der Waals surface area (Å²) in [5, 5.41) is 0.676. The molecule has 0 unspecified atom stereocenters. The van der Waals surface area contributed by atoms with Crippen LogP contribution in [0.1, 0.15) is 64.5 Å². The maximum absolute atomic E-state index is 13.6. The van der Waals surface area contributed by atoms with Gasteiger partial charge in [-0.1, -0.05) is 41.9 Å². The Labute approximate surface area is 244 Å². The van der Waals surface area contributed by atoms with Crippen LogP contribution in [0.3, 0.4) is 0 Å². The van der Waals surface area contributed by atoms with Crippen molar-refractivity contribution in [3.8, 4) is 5.69 Å². The molecule has 1 aliphatic carbocycles. The van der Waals surface area contributed by atoms with Crippen molar-refractivity contribution < 1.29 is 14.3 Å². The third kappa shape index (κ3) is 5.46. The number of fused-ring (bicyclic) bond motifs is 1. The Hall–Kier alpha value is -4.10. The van der Waals surface area contributed by atoms with Crippen molar-refractivity contribution in [1.82, 2.24) is 9.55 Å². The topological polar surface area (TPSA) is 90.5 Å². The van der Waals surface area contributed by atoms with Gasteiger partial charge < -0.3 is 19.9 Å². The molecule has 6 rings (SSSR count). The molecule has 1 aromatic heterocycles. The summed E-state index contributed by atoms with van der Waals surface area (Å²) in [6.45, 7) is 2.86. The fourth-order valence-electron chi connectivity index (χ4n) is 6.13. The maximum Gasteiger partial charge on any atom is 0.309 e. The fourth-order valence-corrected chi connectivity index (χ4v) is 6.32. The molecule has 0 radical (unpaired) electrons. The van der Waals surface area contributed by atoms with Gasteiger partial charge in [-0.2, -0.15) is 0 Å². The van der Waals surface area contributed by atoms with E-state index < -0.39 is 0 Å². The molecule has 7 nitrogen and oxygen atoms in total. The van der Waals surface area contributed by atoms with Crippen LogP contribution in [0.15, 0.2) is 73.1 Å². The highest BCUT2D eigenvalue weighted by Crippen LogP contribution is 2.38. The largest absolute Gasteiger partial charge is 0.461 e. The summed E-state index contributed by atoms with van der Waals surface area (Å²) in [5.41, 5.74) is 12.3. The maximum atomic E-state index is 13.6. The SMILES string of the molecule is Cc1cc(-n2ccnc2[C@H]2CC[C@H](C(=O)OCc3ccccc3)CC2)c(N)cc1C(=O)N1CCc2cc(Cl)ccc21. The third-order valence-electron chi connectivity index (χ3n) is 8.36. The van der Waals surface area contributed by atoms with Gasteiger partial charge in [0.05, 0.1) is 17.3 Å². The summed E-state index contributed by atoms with van der Waals surface area (Å²) >= 11 is 6.16. The third-order valence-corrected chi connectivity index (χ3v) is 8.60. The van der Waals surface area contributed by atoms with Gasteiger partial charge >= 0.3 is 5.97 Å². The number of nitrogen functional groups attached to an aromatic ring is 1. The molecule has 1 amide bonds. The summed E-state index contributed by atoms with van der Waals surface area (Å²) in [4.78, 5) is 32.8. The normalized spacial score (nSPS) is 18.2. The number of aromatic nitrogens is 2. The molecule has 1 fully saturated rings. The lowest BCUT2D eigenvalue weighted by atomic mass is 9.81. The van der Waals surface area contributed by atoms with Crippen LogP contribution in [-0.2, 0) is 22.6 Å². The molecule has 41 heavy (non-hydrogen) atoms. The van der Waals surface area contributed by atoms with Crippen LogP contribution in [0.2, 0.25) is 5.02 Å². The van der Waals surface area contributed by atoms with E-state index in [0.717, 1.165) is 66.0 Å². The van der Waals surface area contributed by atoms with Gasteiger partial charge in [-0.15, -0.1) is 0 Å². The van der Waals surface area contributed by atoms with E-state index in [1.165, 1.54) is 0 Å². The smallest absolute Gasteiger partial charge is 0.309 e. The van der Waals surface area contributed by atoms with Crippen LogP contribution in [0.5, 0.6) is 0 Å². The zero-order chi connectivity index (χ0) is 28.5. The summed E-state index contributed by atoms with van der Waals surface area (Å²) in [5.74, 6) is 0.848. The van der Waals surface area contributed by atoms with Crippen molar-refractivity contribution in [3.05, 3.63) is 106 Å². The number of hydrogen-bond acceptors (Lipinski definition) is 5. The van der Waals surface area contributed by atoms with Gasteiger partial charge in [0.25, 0.3) is 5.91 Å². The predicted molar refractivity (Wildman–Crippen MR) is 160 cm³/mol. The minimum absolute atomic E-state index is 0.0647. The van der Waals surface area contributed by atoms with Crippen LogP contribution < -0.4 is 10.6 Å². The molecule has 0 bridgehead atoms. The van der Waals surface area contributed by atoms with Gasteiger partial charge in [0.1, 0.15) is 12.4 Å². The molecule has 8 heteroatoms. The second kappa shape index (κ2) is 11.4. The minimum Gasteiger partial charge on any atom is -0.461 e. The quantitative estimate of drug-likeness (QED) is 0.208. The summed E-state index contributed by atoms with van der Waals surface area (Å²) < 4.78 is 7.62. The molecular weight excluding hydrogens is 536 g/mol. The molecule has 1 saturated carbocycles. The number of anilines is 2. The highest BCUT2D eigenvalue weighted by Gasteiger charge is 2.31. The average Bonchev–Trinajstić information content (AvgIpc) is 3.64. The second-order valence-electron chi connectivity index (χ2n) is 11.0. The highest BCUT2D eigenvalue weighted by molar-refractivity contribution is 6.30. The van der Waals surface area contributed by atoms with Crippen LogP contribution in [0.4, 0.5) is 11.4 Å². The number of benzene rings is 3. The summed E-state index contributed by atoms with van der Waals surface area (Å²) in [7, 11) is 0. The molecule has 3 aromatic carbocycles. The van der Waals surface area contributed by atoms with Crippen LogP contribution in [-0.4, -0.2) is 28.0 Å². The number of halogens is 1. The lowest BCUT2D eigenvalue weighted by Crippen LogP contribution is -2.29. The lowest BCUT2D eigenvalue weighted by molar-refractivity contribution is -0.151. The van der Waals surface area contributed by atoms with E-state index in [-0.39, 0.29) is 23.7 Å². The number of rotatable bonds is 6. The Kier molecular flexibility index (Phi) is 7.54. The zero-order valence-corrected chi connectivity index (χ0v) is 23.8. The van der Waals surface area contributed by atoms with E-state index in [1.807, 2.05) is 72.3 Å². The van der Waals surface area contributed by atoms with E-state index in [1.54, 1.807) is 17.2 Å². The number of ether oxygens (including phenoxy) is 1. The zero-order valence-electron chi connectivity index (χ0n) is 23.1. The number of hydrogen-bond donors (Lipinski definition) is 1.